The van der Waals surface area contributed by atoms with Gasteiger partial charge in [0.05, 0.1) is 22.8 Å². The SMILES string of the molecule is COc1cc(C(=O)N2CC3CCC2[C@@H]3N)cc2nc(-c3cc4cccnc4n3CC3CC3)n(CC3CN(c4ncc(Br)cn4)C3)c12. The van der Waals surface area contributed by atoms with Crippen molar-refractivity contribution >= 4 is 49.9 Å². The van der Waals surface area contributed by atoms with Gasteiger partial charge in [0.25, 0.3) is 5.91 Å². The molecule has 2 bridgehead atoms. The number of carbonyl (C=O) groups is 1. The van der Waals surface area contributed by atoms with Crippen LogP contribution in [0.1, 0.15) is 36.0 Å². The van der Waals surface area contributed by atoms with Gasteiger partial charge < -0.3 is 29.4 Å². The summed E-state index contributed by atoms with van der Waals surface area (Å²) in [5.41, 5.74) is 10.8. The van der Waals surface area contributed by atoms with Gasteiger partial charge in [-0.25, -0.2) is 19.9 Å². The molecule has 4 aliphatic rings. The van der Waals surface area contributed by atoms with Crippen LogP contribution in [0, 0.1) is 17.8 Å². The number of hydrogen-bond acceptors (Lipinski definition) is 8. The molecule has 2 unspecified atom stereocenters. The van der Waals surface area contributed by atoms with E-state index in [-0.39, 0.29) is 18.0 Å². The third-order valence-electron chi connectivity index (χ3n) is 10.5. The van der Waals surface area contributed by atoms with Gasteiger partial charge in [0.15, 0.2) is 5.82 Å². The van der Waals surface area contributed by atoms with Crippen molar-refractivity contribution < 1.29 is 9.53 Å². The van der Waals surface area contributed by atoms with E-state index in [0.717, 1.165) is 89.6 Å². The number of hydrogen-bond donors (Lipinski definition) is 1. The molecule has 236 valence electrons. The Morgan fingerprint density at radius 2 is 1.80 bits per heavy atom. The molecule has 3 atom stereocenters. The van der Waals surface area contributed by atoms with E-state index < -0.39 is 0 Å². The van der Waals surface area contributed by atoms with E-state index in [1.165, 1.54) is 12.8 Å². The van der Waals surface area contributed by atoms with Gasteiger partial charge in [-0.1, -0.05) is 0 Å². The lowest BCUT2D eigenvalue weighted by molar-refractivity contribution is 0.0700. The average Bonchev–Trinajstić information content (AvgIpc) is 3.41. The minimum atomic E-state index is 0.00938. The van der Waals surface area contributed by atoms with Gasteiger partial charge in [-0.3, -0.25) is 4.79 Å². The summed E-state index contributed by atoms with van der Waals surface area (Å²) >= 11 is 3.43. The third-order valence-corrected chi connectivity index (χ3v) is 10.9. The van der Waals surface area contributed by atoms with E-state index in [1.54, 1.807) is 19.5 Å². The number of carbonyl (C=O) groups excluding carboxylic acids is 1. The first-order chi connectivity index (χ1) is 22.4. The Balaban J connectivity index is 1.14. The zero-order chi connectivity index (χ0) is 31.1. The topological polar surface area (TPSA) is 120 Å². The zero-order valence-corrected chi connectivity index (χ0v) is 27.3. The highest BCUT2D eigenvalue weighted by molar-refractivity contribution is 9.10. The molecule has 1 amide bonds. The predicted molar refractivity (Wildman–Crippen MR) is 179 cm³/mol. The minimum Gasteiger partial charge on any atom is -0.494 e. The number of benzene rings is 1. The molecule has 2 N–H and O–H groups in total. The number of nitrogens with two attached hydrogens (primary N) is 1. The van der Waals surface area contributed by atoms with Gasteiger partial charge >= 0.3 is 0 Å². The number of piperidine rings is 1. The molecule has 2 saturated carbocycles. The van der Waals surface area contributed by atoms with Crippen molar-refractivity contribution in [3.63, 3.8) is 0 Å². The van der Waals surface area contributed by atoms with Crippen LogP contribution in [-0.2, 0) is 13.1 Å². The smallest absolute Gasteiger partial charge is 0.254 e. The van der Waals surface area contributed by atoms with E-state index >= 15 is 0 Å². The van der Waals surface area contributed by atoms with E-state index in [2.05, 4.69) is 52.1 Å². The molecule has 5 aromatic rings. The molecular formula is C34H36BrN9O2. The molecule has 2 saturated heterocycles. The minimum absolute atomic E-state index is 0.00938. The first-order valence-electron chi connectivity index (χ1n) is 16.3. The fraction of sp³-hybridized carbons (Fsp3) is 0.441. The highest BCUT2D eigenvalue weighted by atomic mass is 79.9. The summed E-state index contributed by atoms with van der Waals surface area (Å²) in [6.45, 7) is 4.05. The molecule has 0 spiro atoms. The largest absolute Gasteiger partial charge is 0.494 e. The van der Waals surface area contributed by atoms with Gasteiger partial charge in [0, 0.05) is 80.3 Å². The Bertz CT molecular complexity index is 1980. The van der Waals surface area contributed by atoms with Crippen LogP contribution in [0.4, 0.5) is 5.95 Å². The number of anilines is 1. The molecule has 2 aliphatic carbocycles. The maximum absolute atomic E-state index is 13.9. The molecule has 4 fully saturated rings. The first kappa shape index (κ1) is 28.2. The maximum Gasteiger partial charge on any atom is 0.254 e. The van der Waals surface area contributed by atoms with Crippen molar-refractivity contribution in [1.82, 2.24) is 34.0 Å². The number of fused-ring (bicyclic) bond motifs is 4. The second-order valence-corrected chi connectivity index (χ2v) is 14.4. The van der Waals surface area contributed by atoms with Crippen LogP contribution >= 0.6 is 15.9 Å². The number of amides is 1. The van der Waals surface area contributed by atoms with E-state index in [0.29, 0.717) is 29.1 Å². The summed E-state index contributed by atoms with van der Waals surface area (Å²) in [6.07, 6.45) is 9.98. The van der Waals surface area contributed by atoms with E-state index in [4.69, 9.17) is 20.4 Å². The van der Waals surface area contributed by atoms with Gasteiger partial charge in [-0.15, -0.1) is 0 Å². The van der Waals surface area contributed by atoms with Gasteiger partial charge in [0.1, 0.15) is 16.9 Å². The normalized spacial score (nSPS) is 22.7. The molecule has 11 nitrogen and oxygen atoms in total. The Kier molecular flexibility index (Phi) is 6.60. The van der Waals surface area contributed by atoms with Crippen molar-refractivity contribution in [2.45, 2.75) is 50.9 Å². The molecule has 9 rings (SSSR count). The van der Waals surface area contributed by atoms with Crippen LogP contribution in [0.3, 0.4) is 0 Å². The van der Waals surface area contributed by atoms with Crippen molar-refractivity contribution in [3.8, 4) is 17.3 Å². The Morgan fingerprint density at radius 1 is 1.00 bits per heavy atom. The fourth-order valence-electron chi connectivity index (χ4n) is 7.92. The molecule has 6 heterocycles. The van der Waals surface area contributed by atoms with Gasteiger partial charge in [-0.05, 0) is 83.8 Å². The number of nitrogens with zero attached hydrogens (tertiary/aromatic N) is 8. The predicted octanol–water partition coefficient (Wildman–Crippen LogP) is 4.72. The van der Waals surface area contributed by atoms with Crippen LogP contribution in [-0.4, -0.2) is 78.7 Å². The lowest BCUT2D eigenvalue weighted by atomic mass is 10.0. The summed E-state index contributed by atoms with van der Waals surface area (Å²) in [5.74, 6) is 3.67. The van der Waals surface area contributed by atoms with Crippen LogP contribution in [0.15, 0.2) is 53.4 Å². The van der Waals surface area contributed by atoms with Crippen LogP contribution in [0.25, 0.3) is 33.6 Å². The molecule has 46 heavy (non-hydrogen) atoms. The number of halogens is 1. The summed E-state index contributed by atoms with van der Waals surface area (Å²) in [5, 5.41) is 1.10. The quantitative estimate of drug-likeness (QED) is 0.250. The standard InChI is InChI=1S/C34H36BrN9O2/c1-46-28-11-23(33(45)43-18-22-6-7-26(43)29(22)36)9-25-30(28)44(17-20-14-41(15-20)34-38-12-24(35)13-39-34)32(40-25)27-10-21-3-2-8-37-31(21)42(27)16-19-4-5-19/h2-3,8-13,19-20,22,26,29H,4-7,14-18,36H2,1H3/t22?,26?,29-/m1/s1. The van der Waals surface area contributed by atoms with E-state index in [1.807, 2.05) is 29.3 Å². The maximum atomic E-state index is 13.9. The van der Waals surface area contributed by atoms with Gasteiger partial charge in [0.2, 0.25) is 5.95 Å². The molecule has 12 heteroatoms. The van der Waals surface area contributed by atoms with Crippen molar-refractivity contribution in [3.05, 3.63) is 59.0 Å². The number of likely N-dealkylation sites (tertiary alicyclic amines) is 1. The van der Waals surface area contributed by atoms with E-state index in [9.17, 15) is 4.79 Å². The monoisotopic (exact) mass is 681 g/mol. The molecular weight excluding hydrogens is 646 g/mol. The number of pyridine rings is 1. The molecule has 0 radical (unpaired) electrons. The number of imidazole rings is 1. The summed E-state index contributed by atoms with van der Waals surface area (Å²) < 4.78 is 11.6. The second-order valence-electron chi connectivity index (χ2n) is 13.5. The lowest BCUT2D eigenvalue weighted by Crippen LogP contribution is -2.49. The van der Waals surface area contributed by atoms with Crippen molar-refractivity contribution in [2.75, 3.05) is 31.6 Å². The number of rotatable bonds is 8. The highest BCUT2D eigenvalue weighted by Gasteiger charge is 2.47. The average molecular weight is 683 g/mol. The van der Waals surface area contributed by atoms with Crippen molar-refractivity contribution in [1.29, 1.82) is 0 Å². The van der Waals surface area contributed by atoms with Crippen LogP contribution in [0.2, 0.25) is 0 Å². The lowest BCUT2D eigenvalue weighted by Gasteiger charge is -2.39. The number of ether oxygens (including phenoxy) is 1. The Labute approximate surface area is 274 Å². The highest BCUT2D eigenvalue weighted by Crippen LogP contribution is 2.41. The Hall–Kier alpha value is -4.03. The molecule has 2 aliphatic heterocycles. The fourth-order valence-corrected chi connectivity index (χ4v) is 8.13. The summed E-state index contributed by atoms with van der Waals surface area (Å²) in [6, 6.07) is 10.3. The van der Waals surface area contributed by atoms with Crippen LogP contribution < -0.4 is 15.4 Å². The van der Waals surface area contributed by atoms with Gasteiger partial charge in [-0.2, -0.15) is 0 Å². The molecule has 4 aromatic heterocycles. The van der Waals surface area contributed by atoms with Crippen LogP contribution in [0.5, 0.6) is 5.75 Å². The second kappa shape index (κ2) is 10.8. The first-order valence-corrected chi connectivity index (χ1v) is 17.1. The number of methoxy groups -OCH3 is 1. The summed E-state index contributed by atoms with van der Waals surface area (Å²) in [4.78, 5) is 37.2. The zero-order valence-electron chi connectivity index (χ0n) is 25.7. The number of aromatic nitrogens is 6. The molecule has 1 aromatic carbocycles. The third kappa shape index (κ3) is 4.59. The van der Waals surface area contributed by atoms with Crippen molar-refractivity contribution in [2.24, 2.45) is 23.5 Å². The summed E-state index contributed by atoms with van der Waals surface area (Å²) in [7, 11) is 1.68. The Morgan fingerprint density at radius 3 is 2.52 bits per heavy atom.